The van der Waals surface area contributed by atoms with Crippen molar-refractivity contribution in [2.24, 2.45) is 10.7 Å². The Kier molecular flexibility index (Phi) is 6.57. The van der Waals surface area contributed by atoms with Crippen LogP contribution in [0.2, 0.25) is 0 Å². The van der Waals surface area contributed by atoms with E-state index < -0.39 is 5.54 Å². The second-order valence-electron chi connectivity index (χ2n) is 7.67. The Labute approximate surface area is 194 Å². The van der Waals surface area contributed by atoms with Gasteiger partial charge in [0.15, 0.2) is 10.3 Å². The molecular weight excluding hydrogens is 445 g/mol. The molecule has 2 heterocycles. The second-order valence-corrected chi connectivity index (χ2v) is 9.56. The average molecular weight is 470 g/mol. The summed E-state index contributed by atoms with van der Waals surface area (Å²) in [6.45, 7) is 2.39. The smallest absolute Gasteiger partial charge is 0.273 e. The number of hydrogen-bond donors (Lipinski definition) is 2. The minimum absolute atomic E-state index is 0.307. The highest BCUT2D eigenvalue weighted by atomic mass is 32.2. The van der Waals surface area contributed by atoms with Crippen LogP contribution in [0.25, 0.3) is 0 Å². The summed E-state index contributed by atoms with van der Waals surface area (Å²) in [5.41, 5.74) is 7.55. The molecule has 6 nitrogen and oxygen atoms in total. The van der Waals surface area contributed by atoms with Gasteiger partial charge in [-0.05, 0) is 43.4 Å². The number of hydrogen-bond acceptors (Lipinski definition) is 6. The van der Waals surface area contributed by atoms with Crippen LogP contribution in [0.5, 0.6) is 0 Å². The van der Waals surface area contributed by atoms with E-state index in [-0.39, 0.29) is 11.7 Å². The summed E-state index contributed by atoms with van der Waals surface area (Å²) in [7, 11) is 0. The van der Waals surface area contributed by atoms with E-state index in [2.05, 4.69) is 15.3 Å². The van der Waals surface area contributed by atoms with Crippen LogP contribution in [0.3, 0.4) is 0 Å². The molecule has 0 saturated heterocycles. The number of aromatic nitrogens is 2. The van der Waals surface area contributed by atoms with Gasteiger partial charge in [0.25, 0.3) is 5.91 Å². The van der Waals surface area contributed by atoms with E-state index in [1.165, 1.54) is 29.6 Å². The van der Waals surface area contributed by atoms with Crippen LogP contribution >= 0.6 is 23.5 Å². The Balaban J connectivity index is 1.61. The normalized spacial score (nSPS) is 18.3. The van der Waals surface area contributed by atoms with Gasteiger partial charge in [0, 0.05) is 17.0 Å². The molecule has 9 heteroatoms. The molecule has 1 amide bonds. The Bertz CT molecular complexity index is 1160. The third-order valence-electron chi connectivity index (χ3n) is 5.42. The van der Waals surface area contributed by atoms with Crippen molar-refractivity contribution in [2.45, 2.75) is 30.6 Å². The van der Waals surface area contributed by atoms with Gasteiger partial charge in [0.1, 0.15) is 11.5 Å². The van der Waals surface area contributed by atoms with E-state index in [1.54, 1.807) is 18.3 Å². The standard InChI is InChI=1S/C23H24FN5OS2/c1-23(10-11-32-21(25)28-23)17-12-16(8-9-18(17)24)27-20(30)19-13-26-22(31-2)29(19)14-15-6-4-3-5-7-15/h3-9,12-13H,10-11,14H2,1-2H3,(H2,25,28)(H,27,30). The van der Waals surface area contributed by atoms with Crippen LogP contribution in [0, 0.1) is 5.82 Å². The Hall–Kier alpha value is -2.78. The monoisotopic (exact) mass is 469 g/mol. The van der Waals surface area contributed by atoms with Crippen LogP contribution in [0.1, 0.15) is 35.0 Å². The van der Waals surface area contributed by atoms with Crippen LogP contribution in [0.4, 0.5) is 10.1 Å². The number of benzene rings is 2. The first kappa shape index (κ1) is 22.4. The van der Waals surface area contributed by atoms with E-state index in [0.29, 0.717) is 35.1 Å². The van der Waals surface area contributed by atoms with Gasteiger partial charge in [0.2, 0.25) is 0 Å². The molecule has 2 aromatic carbocycles. The van der Waals surface area contributed by atoms with Crippen molar-refractivity contribution in [1.29, 1.82) is 0 Å². The Morgan fingerprint density at radius 2 is 2.09 bits per heavy atom. The molecule has 0 saturated carbocycles. The summed E-state index contributed by atoms with van der Waals surface area (Å²) in [6, 6.07) is 14.5. The molecule has 1 aliphatic rings. The number of nitrogens with one attached hydrogen (secondary N) is 1. The highest BCUT2D eigenvalue weighted by molar-refractivity contribution is 8.13. The van der Waals surface area contributed by atoms with Crippen molar-refractivity contribution in [3.8, 4) is 0 Å². The molecule has 1 atom stereocenters. The lowest BCUT2D eigenvalue weighted by Gasteiger charge is -2.30. The minimum atomic E-state index is -0.763. The van der Waals surface area contributed by atoms with Gasteiger partial charge in [-0.25, -0.2) is 9.37 Å². The number of aliphatic imine (C=N–C) groups is 1. The molecule has 166 valence electrons. The number of anilines is 1. The Morgan fingerprint density at radius 1 is 1.31 bits per heavy atom. The lowest BCUT2D eigenvalue weighted by atomic mass is 9.89. The zero-order valence-corrected chi connectivity index (χ0v) is 19.5. The Morgan fingerprint density at radius 3 is 2.81 bits per heavy atom. The second kappa shape index (κ2) is 9.38. The van der Waals surface area contributed by atoms with Gasteiger partial charge in [-0.3, -0.25) is 9.79 Å². The summed E-state index contributed by atoms with van der Waals surface area (Å²) in [5, 5.41) is 4.09. The number of carbonyl (C=O) groups excluding carboxylic acids is 1. The van der Waals surface area contributed by atoms with E-state index >= 15 is 0 Å². The van der Waals surface area contributed by atoms with Crippen LogP contribution in [-0.2, 0) is 12.1 Å². The van der Waals surface area contributed by atoms with Crippen LogP contribution < -0.4 is 11.1 Å². The fourth-order valence-corrected chi connectivity index (χ4v) is 5.23. The molecule has 1 aliphatic heterocycles. The van der Waals surface area contributed by atoms with Gasteiger partial charge in [0.05, 0.1) is 18.3 Å². The number of rotatable bonds is 6. The highest BCUT2D eigenvalue weighted by Gasteiger charge is 2.32. The van der Waals surface area contributed by atoms with E-state index in [1.807, 2.05) is 48.1 Å². The van der Waals surface area contributed by atoms with E-state index in [4.69, 9.17) is 5.73 Å². The van der Waals surface area contributed by atoms with Gasteiger partial charge in [-0.15, -0.1) is 0 Å². The molecule has 0 fully saturated rings. The predicted octanol–water partition coefficient (Wildman–Crippen LogP) is 4.71. The molecule has 0 spiro atoms. The third kappa shape index (κ3) is 4.68. The maximum atomic E-state index is 14.7. The highest BCUT2D eigenvalue weighted by Crippen LogP contribution is 2.37. The van der Waals surface area contributed by atoms with Gasteiger partial charge in [-0.2, -0.15) is 0 Å². The molecular formula is C23H24FN5OS2. The van der Waals surface area contributed by atoms with Crippen molar-refractivity contribution >= 4 is 40.3 Å². The average Bonchev–Trinajstić information content (AvgIpc) is 3.18. The molecule has 0 bridgehead atoms. The number of thioether (sulfide) groups is 2. The fourth-order valence-electron chi connectivity index (χ4n) is 3.71. The van der Waals surface area contributed by atoms with E-state index in [9.17, 15) is 9.18 Å². The molecule has 1 aromatic heterocycles. The maximum absolute atomic E-state index is 14.7. The zero-order valence-electron chi connectivity index (χ0n) is 17.8. The van der Waals surface area contributed by atoms with Crippen molar-refractivity contribution < 1.29 is 9.18 Å². The molecule has 0 aliphatic carbocycles. The number of imidazole rings is 1. The number of nitrogens with two attached hydrogens (primary N) is 1. The van der Waals surface area contributed by atoms with E-state index in [0.717, 1.165) is 16.5 Å². The lowest BCUT2D eigenvalue weighted by Crippen LogP contribution is -2.30. The molecule has 3 N–H and O–H groups in total. The summed E-state index contributed by atoms with van der Waals surface area (Å²) in [6.07, 6.45) is 4.15. The van der Waals surface area contributed by atoms with Gasteiger partial charge >= 0.3 is 0 Å². The first-order valence-electron chi connectivity index (χ1n) is 10.1. The fraction of sp³-hybridized carbons (Fsp3) is 0.261. The summed E-state index contributed by atoms with van der Waals surface area (Å²) in [5.74, 6) is 0.0873. The lowest BCUT2D eigenvalue weighted by molar-refractivity contribution is 0.101. The third-order valence-corrected chi connectivity index (χ3v) is 6.90. The van der Waals surface area contributed by atoms with Crippen LogP contribution in [-0.4, -0.2) is 32.6 Å². The number of nitrogens with zero attached hydrogens (tertiary/aromatic N) is 3. The molecule has 32 heavy (non-hydrogen) atoms. The minimum Gasteiger partial charge on any atom is -0.379 e. The molecule has 0 radical (unpaired) electrons. The summed E-state index contributed by atoms with van der Waals surface area (Å²) in [4.78, 5) is 22.0. The SMILES string of the molecule is CSc1ncc(C(=O)Nc2ccc(F)c(C3(C)CCSC(N)=N3)c2)n1Cc1ccccc1. The predicted molar refractivity (Wildman–Crippen MR) is 130 cm³/mol. The van der Waals surface area contributed by atoms with Crippen molar-refractivity contribution in [2.75, 3.05) is 17.3 Å². The number of halogens is 1. The van der Waals surface area contributed by atoms with Crippen LogP contribution in [0.15, 0.2) is 64.9 Å². The largest absolute Gasteiger partial charge is 0.379 e. The number of carbonyl (C=O) groups is 1. The topological polar surface area (TPSA) is 85.3 Å². The van der Waals surface area contributed by atoms with Gasteiger partial charge < -0.3 is 15.6 Å². The zero-order chi connectivity index (χ0) is 22.7. The van der Waals surface area contributed by atoms with Crippen molar-refractivity contribution in [3.63, 3.8) is 0 Å². The maximum Gasteiger partial charge on any atom is 0.273 e. The quantitative estimate of drug-likeness (QED) is 0.511. The molecule has 1 unspecified atom stereocenters. The van der Waals surface area contributed by atoms with Gasteiger partial charge in [-0.1, -0.05) is 53.9 Å². The molecule has 3 aromatic rings. The van der Waals surface area contributed by atoms with Crippen molar-refractivity contribution in [3.05, 3.63) is 77.4 Å². The van der Waals surface area contributed by atoms with Crippen molar-refractivity contribution in [1.82, 2.24) is 9.55 Å². The summed E-state index contributed by atoms with van der Waals surface area (Å²) >= 11 is 2.94. The number of amidine groups is 1. The number of amides is 1. The summed E-state index contributed by atoms with van der Waals surface area (Å²) < 4.78 is 16.6. The first-order chi connectivity index (χ1) is 15.4. The molecule has 4 rings (SSSR count). The first-order valence-corrected chi connectivity index (χ1v) is 12.3.